The molecule has 5 heteroatoms. The number of methoxy groups -OCH3 is 2. The predicted molar refractivity (Wildman–Crippen MR) is 67.0 cm³/mol. The molecule has 3 nitrogen and oxygen atoms in total. The van der Waals surface area contributed by atoms with Gasteiger partial charge in [0.15, 0.2) is 9.76 Å². The van der Waals surface area contributed by atoms with Gasteiger partial charge in [-0.25, -0.2) is 0 Å². The van der Waals surface area contributed by atoms with Crippen LogP contribution in [0.1, 0.15) is 32.6 Å². The lowest BCUT2D eigenvalue weighted by atomic mass is 9.99. The molecule has 2 atom stereocenters. The molecule has 0 aliphatic heterocycles. The van der Waals surface area contributed by atoms with Crippen molar-refractivity contribution in [3.63, 3.8) is 0 Å². The molecule has 0 saturated heterocycles. The Hall–Kier alpha value is 0.447. The van der Waals surface area contributed by atoms with Crippen molar-refractivity contribution in [3.05, 3.63) is 0 Å². The van der Waals surface area contributed by atoms with Gasteiger partial charge in [-0.1, -0.05) is 12.8 Å². The van der Waals surface area contributed by atoms with Crippen molar-refractivity contribution >= 4 is 22.4 Å². The summed E-state index contributed by atoms with van der Waals surface area (Å²) in [7, 11) is 2.63. The van der Waals surface area contributed by atoms with Gasteiger partial charge in [-0.05, 0) is 18.4 Å². The summed E-state index contributed by atoms with van der Waals surface area (Å²) in [6, 6.07) is 0. The first-order valence-corrected chi connectivity index (χ1v) is 7.43. The Morgan fingerprint density at radius 2 is 1.93 bits per heavy atom. The molecular weight excluding hydrogens is 228 g/mol. The monoisotopic (exact) mass is 250 g/mol. The molecule has 2 unspecified atom stereocenters. The van der Waals surface area contributed by atoms with Crippen molar-refractivity contribution < 1.29 is 13.9 Å². The third-order valence-electron chi connectivity index (χ3n) is 3.08. The van der Waals surface area contributed by atoms with Crippen LogP contribution in [0.3, 0.4) is 0 Å². The molecule has 0 spiro atoms. The molecule has 0 bridgehead atoms. The van der Waals surface area contributed by atoms with Crippen LogP contribution in [0.5, 0.6) is 0 Å². The minimum atomic E-state index is -0.838. The predicted octanol–water partition coefficient (Wildman–Crippen LogP) is 1.71. The summed E-state index contributed by atoms with van der Waals surface area (Å²) in [4.78, 5) is 0. The van der Waals surface area contributed by atoms with E-state index in [1.807, 2.05) is 6.92 Å². The fraction of sp³-hybridized carbons (Fsp3) is 1.00. The Bertz CT molecular complexity index is 188. The van der Waals surface area contributed by atoms with Crippen LogP contribution in [0.15, 0.2) is 0 Å². The summed E-state index contributed by atoms with van der Waals surface area (Å²) < 4.78 is 16.1. The third-order valence-corrected chi connectivity index (χ3v) is 5.45. The summed E-state index contributed by atoms with van der Waals surface area (Å²) in [6.45, 7) is 1.82. The maximum absolute atomic E-state index is 5.78. The van der Waals surface area contributed by atoms with Gasteiger partial charge >= 0.3 is 0 Å². The molecule has 1 saturated carbocycles. The van der Waals surface area contributed by atoms with E-state index >= 15 is 0 Å². The van der Waals surface area contributed by atoms with E-state index in [2.05, 4.69) is 12.6 Å². The SMILES string of the molecule is COC(C)(OC)O[SiH2]C1CCCC(S)C1. The van der Waals surface area contributed by atoms with Gasteiger partial charge in [-0.2, -0.15) is 12.6 Å². The lowest BCUT2D eigenvalue weighted by Gasteiger charge is -2.31. The normalized spacial score (nSPS) is 28.8. The molecule has 1 rings (SSSR count). The van der Waals surface area contributed by atoms with Crippen LogP contribution in [-0.4, -0.2) is 35.2 Å². The molecule has 90 valence electrons. The van der Waals surface area contributed by atoms with Crippen molar-refractivity contribution in [1.82, 2.24) is 0 Å². The topological polar surface area (TPSA) is 27.7 Å². The van der Waals surface area contributed by atoms with Crippen LogP contribution in [0.25, 0.3) is 0 Å². The summed E-state index contributed by atoms with van der Waals surface area (Å²) in [6.07, 6.45) is 5.01. The zero-order valence-electron chi connectivity index (χ0n) is 9.86. The Morgan fingerprint density at radius 1 is 1.27 bits per heavy atom. The minimum Gasteiger partial charge on any atom is -0.376 e. The Balaban J connectivity index is 2.29. The van der Waals surface area contributed by atoms with Gasteiger partial charge in [0.25, 0.3) is 5.97 Å². The maximum atomic E-state index is 5.78. The van der Waals surface area contributed by atoms with E-state index in [-0.39, 0.29) is 0 Å². The standard InChI is InChI=1S/C10H22O3SSi/c1-10(11-2,12-3)13-15-9-6-4-5-8(14)7-9/h8-9,14H,4-7,15H2,1-3H3. The number of rotatable bonds is 5. The smallest absolute Gasteiger partial charge is 0.269 e. The average molecular weight is 250 g/mol. The van der Waals surface area contributed by atoms with Gasteiger partial charge in [0.2, 0.25) is 0 Å². The van der Waals surface area contributed by atoms with E-state index < -0.39 is 15.7 Å². The zero-order chi connectivity index (χ0) is 11.3. The molecule has 0 N–H and O–H groups in total. The summed E-state index contributed by atoms with van der Waals surface area (Å²) >= 11 is 4.54. The summed E-state index contributed by atoms with van der Waals surface area (Å²) in [5, 5.41) is 0.566. The van der Waals surface area contributed by atoms with Crippen molar-refractivity contribution in [1.29, 1.82) is 0 Å². The van der Waals surface area contributed by atoms with Gasteiger partial charge in [0.1, 0.15) is 0 Å². The van der Waals surface area contributed by atoms with Crippen LogP contribution in [0.4, 0.5) is 0 Å². The molecular formula is C10H22O3SSi. The van der Waals surface area contributed by atoms with Gasteiger partial charge in [-0.15, -0.1) is 0 Å². The summed E-state index contributed by atoms with van der Waals surface area (Å²) in [5.41, 5.74) is 0.728. The van der Waals surface area contributed by atoms with Crippen molar-refractivity contribution in [2.75, 3.05) is 14.2 Å². The molecule has 0 aromatic carbocycles. The zero-order valence-corrected chi connectivity index (χ0v) is 12.2. The fourth-order valence-corrected chi connectivity index (χ4v) is 4.41. The number of thiol groups is 1. The highest BCUT2D eigenvalue weighted by atomic mass is 32.1. The van der Waals surface area contributed by atoms with Crippen LogP contribution in [0.2, 0.25) is 5.54 Å². The highest BCUT2D eigenvalue weighted by molar-refractivity contribution is 7.80. The molecule has 0 aromatic rings. The first-order valence-electron chi connectivity index (χ1n) is 5.52. The van der Waals surface area contributed by atoms with Crippen molar-refractivity contribution in [3.8, 4) is 0 Å². The molecule has 0 heterocycles. The van der Waals surface area contributed by atoms with E-state index in [0.29, 0.717) is 5.25 Å². The molecule has 1 fully saturated rings. The number of hydrogen-bond acceptors (Lipinski definition) is 4. The Labute approximate surface area is 100 Å². The van der Waals surface area contributed by atoms with Crippen molar-refractivity contribution in [2.24, 2.45) is 0 Å². The Morgan fingerprint density at radius 3 is 2.47 bits per heavy atom. The Kier molecular flexibility index (Phi) is 5.63. The molecule has 0 aromatic heterocycles. The van der Waals surface area contributed by atoms with Gasteiger partial charge in [-0.3, -0.25) is 0 Å². The quantitative estimate of drug-likeness (QED) is 0.457. The van der Waals surface area contributed by atoms with Gasteiger partial charge in [0, 0.05) is 26.4 Å². The van der Waals surface area contributed by atoms with Crippen LogP contribution < -0.4 is 0 Å². The average Bonchev–Trinajstić information content (AvgIpc) is 2.26. The van der Waals surface area contributed by atoms with E-state index in [4.69, 9.17) is 13.9 Å². The number of ether oxygens (including phenoxy) is 2. The first kappa shape index (κ1) is 13.5. The van der Waals surface area contributed by atoms with Crippen LogP contribution in [-0.2, 0) is 13.9 Å². The molecule has 0 radical (unpaired) electrons. The van der Waals surface area contributed by atoms with Crippen molar-refractivity contribution in [2.45, 2.75) is 49.4 Å². The van der Waals surface area contributed by atoms with Crippen LogP contribution >= 0.6 is 12.6 Å². The number of hydrogen-bond donors (Lipinski definition) is 1. The lowest BCUT2D eigenvalue weighted by Crippen LogP contribution is -2.36. The second-order valence-electron chi connectivity index (χ2n) is 4.27. The van der Waals surface area contributed by atoms with E-state index in [9.17, 15) is 0 Å². The van der Waals surface area contributed by atoms with E-state index in [1.165, 1.54) is 25.7 Å². The maximum Gasteiger partial charge on any atom is 0.269 e. The lowest BCUT2D eigenvalue weighted by molar-refractivity contribution is -0.311. The highest BCUT2D eigenvalue weighted by Gasteiger charge is 2.27. The second kappa shape index (κ2) is 6.25. The van der Waals surface area contributed by atoms with Crippen LogP contribution in [0, 0.1) is 0 Å². The molecule has 15 heavy (non-hydrogen) atoms. The third kappa shape index (κ3) is 4.44. The summed E-state index contributed by atoms with van der Waals surface area (Å²) in [5.74, 6) is -0.838. The molecule has 1 aliphatic carbocycles. The van der Waals surface area contributed by atoms with Gasteiger partial charge in [0.05, 0.1) is 0 Å². The van der Waals surface area contributed by atoms with E-state index in [0.717, 1.165) is 5.54 Å². The largest absolute Gasteiger partial charge is 0.376 e. The molecule has 1 aliphatic rings. The van der Waals surface area contributed by atoms with E-state index in [1.54, 1.807) is 14.2 Å². The molecule has 0 amide bonds. The fourth-order valence-electron chi connectivity index (χ4n) is 1.88. The minimum absolute atomic E-state index is 0.566. The second-order valence-corrected chi connectivity index (χ2v) is 6.78. The highest BCUT2D eigenvalue weighted by Crippen LogP contribution is 2.32. The van der Waals surface area contributed by atoms with Gasteiger partial charge < -0.3 is 13.9 Å². The first-order chi connectivity index (χ1) is 7.09.